The van der Waals surface area contributed by atoms with E-state index in [0.29, 0.717) is 33.8 Å². The van der Waals surface area contributed by atoms with E-state index in [1.54, 1.807) is 24.3 Å². The fourth-order valence-corrected chi connectivity index (χ4v) is 4.76. The second-order valence-electron chi connectivity index (χ2n) is 6.79. The molecule has 0 aliphatic rings. The van der Waals surface area contributed by atoms with Crippen molar-refractivity contribution in [3.8, 4) is 16.5 Å². The third-order valence-electron chi connectivity index (χ3n) is 4.51. The molecular formula is C23H15ClN4O3S2. The Balaban J connectivity index is 1.24. The van der Waals surface area contributed by atoms with Gasteiger partial charge in [0.25, 0.3) is 0 Å². The molecule has 3 aromatic heterocycles. The number of halogens is 1. The Labute approximate surface area is 201 Å². The van der Waals surface area contributed by atoms with Gasteiger partial charge in [-0.2, -0.15) is 0 Å². The van der Waals surface area contributed by atoms with Gasteiger partial charge < -0.3 is 9.47 Å². The van der Waals surface area contributed by atoms with Crippen molar-refractivity contribution >= 4 is 50.5 Å². The summed E-state index contributed by atoms with van der Waals surface area (Å²) in [5.41, 5.74) is 2.00. The number of hydrogen-bond acceptors (Lipinski definition) is 9. The Morgan fingerprint density at radius 1 is 0.970 bits per heavy atom. The van der Waals surface area contributed by atoms with Crippen LogP contribution in [0.2, 0.25) is 5.02 Å². The van der Waals surface area contributed by atoms with Crippen molar-refractivity contribution in [3.05, 3.63) is 87.7 Å². The number of rotatable bonds is 7. The molecule has 3 heterocycles. The van der Waals surface area contributed by atoms with Crippen LogP contribution in [0.3, 0.4) is 0 Å². The minimum atomic E-state index is -0.579. The second kappa shape index (κ2) is 9.62. The van der Waals surface area contributed by atoms with Crippen molar-refractivity contribution in [1.29, 1.82) is 0 Å². The molecule has 0 spiro atoms. The van der Waals surface area contributed by atoms with Gasteiger partial charge in [0.05, 0.1) is 15.9 Å². The molecule has 5 aromatic rings. The molecule has 0 saturated carbocycles. The van der Waals surface area contributed by atoms with Crippen LogP contribution in [0.15, 0.2) is 66.3 Å². The van der Waals surface area contributed by atoms with Crippen molar-refractivity contribution < 1.29 is 14.3 Å². The van der Waals surface area contributed by atoms with Gasteiger partial charge in [-0.25, -0.2) is 24.7 Å². The van der Waals surface area contributed by atoms with E-state index >= 15 is 0 Å². The summed E-state index contributed by atoms with van der Waals surface area (Å²) >= 11 is 8.76. The molecule has 2 aromatic carbocycles. The number of aromatic nitrogens is 4. The van der Waals surface area contributed by atoms with E-state index < -0.39 is 5.97 Å². The van der Waals surface area contributed by atoms with Gasteiger partial charge in [0, 0.05) is 22.8 Å². The highest BCUT2D eigenvalue weighted by Crippen LogP contribution is 2.30. The zero-order chi connectivity index (χ0) is 22.6. The van der Waals surface area contributed by atoms with Gasteiger partial charge >= 0.3 is 5.97 Å². The summed E-state index contributed by atoms with van der Waals surface area (Å²) in [7, 11) is 0. The monoisotopic (exact) mass is 494 g/mol. The Morgan fingerprint density at radius 2 is 1.79 bits per heavy atom. The Kier molecular flexibility index (Phi) is 6.25. The van der Waals surface area contributed by atoms with Gasteiger partial charge in [0.1, 0.15) is 34.7 Å². The predicted molar refractivity (Wildman–Crippen MR) is 128 cm³/mol. The van der Waals surface area contributed by atoms with Crippen LogP contribution in [0.25, 0.3) is 20.9 Å². The molecule has 7 nitrogen and oxygen atoms in total. The van der Waals surface area contributed by atoms with Crippen LogP contribution < -0.4 is 4.74 Å². The average Bonchev–Trinajstić information content (AvgIpc) is 3.49. The van der Waals surface area contributed by atoms with Crippen molar-refractivity contribution in [2.24, 2.45) is 0 Å². The van der Waals surface area contributed by atoms with Crippen LogP contribution in [-0.2, 0) is 18.0 Å². The molecule has 0 unspecified atom stereocenters. The lowest BCUT2D eigenvalue weighted by Crippen LogP contribution is -2.10. The highest BCUT2D eigenvalue weighted by Gasteiger charge is 2.20. The van der Waals surface area contributed by atoms with E-state index in [1.807, 2.05) is 29.6 Å². The summed E-state index contributed by atoms with van der Waals surface area (Å²) in [4.78, 5) is 30.3. The fraction of sp³-hybridized carbons (Fsp3) is 0.0870. The van der Waals surface area contributed by atoms with Crippen molar-refractivity contribution in [2.75, 3.05) is 0 Å². The molecule has 10 heteroatoms. The van der Waals surface area contributed by atoms with Gasteiger partial charge in [-0.05, 0) is 36.4 Å². The summed E-state index contributed by atoms with van der Waals surface area (Å²) in [5.74, 6) is 0.122. The lowest BCUT2D eigenvalue weighted by molar-refractivity contribution is 0.0461. The maximum absolute atomic E-state index is 12.8. The molecular weight excluding hydrogens is 480 g/mol. The molecule has 0 radical (unpaired) electrons. The highest BCUT2D eigenvalue weighted by molar-refractivity contribution is 7.21. The van der Waals surface area contributed by atoms with E-state index in [0.717, 1.165) is 15.2 Å². The quantitative estimate of drug-likeness (QED) is 0.264. The van der Waals surface area contributed by atoms with Gasteiger partial charge in [0.15, 0.2) is 5.69 Å². The number of carbonyl (C=O) groups is 1. The molecule has 0 aliphatic carbocycles. The number of ether oxygens (including phenoxy) is 2. The smallest absolute Gasteiger partial charge is 0.359 e. The average molecular weight is 495 g/mol. The fourth-order valence-electron chi connectivity index (χ4n) is 2.98. The van der Waals surface area contributed by atoms with Crippen molar-refractivity contribution in [3.63, 3.8) is 0 Å². The molecule has 164 valence electrons. The second-order valence-corrected chi connectivity index (χ2v) is 9.20. The first-order valence-corrected chi connectivity index (χ1v) is 11.9. The van der Waals surface area contributed by atoms with E-state index in [1.165, 1.54) is 35.1 Å². The summed E-state index contributed by atoms with van der Waals surface area (Å²) in [5, 5.41) is 3.87. The van der Waals surface area contributed by atoms with Crippen molar-refractivity contribution in [1.82, 2.24) is 19.9 Å². The number of para-hydroxylation sites is 1. The van der Waals surface area contributed by atoms with Crippen LogP contribution in [0.1, 0.15) is 21.2 Å². The number of carbonyl (C=O) groups excluding carboxylic acids is 1. The standard InChI is InChI=1S/C23H15ClN4O3S2/c24-14-5-7-16(8-6-14)30-12-19-27-15(13-32-19)11-31-23(29)21-20(25-9-10-26-21)22-28-17-3-1-2-4-18(17)33-22/h1-10,13H,11-12H2. The van der Waals surface area contributed by atoms with E-state index in [-0.39, 0.29) is 12.3 Å². The highest BCUT2D eigenvalue weighted by atomic mass is 35.5. The number of fused-ring (bicyclic) bond motifs is 1. The van der Waals surface area contributed by atoms with Crippen LogP contribution in [0.4, 0.5) is 0 Å². The Morgan fingerprint density at radius 3 is 2.64 bits per heavy atom. The molecule has 0 amide bonds. The first-order chi connectivity index (χ1) is 16.2. The van der Waals surface area contributed by atoms with Crippen LogP contribution in [0, 0.1) is 0 Å². The van der Waals surface area contributed by atoms with Gasteiger partial charge in [-0.3, -0.25) is 0 Å². The molecule has 0 saturated heterocycles. The topological polar surface area (TPSA) is 87.1 Å². The first-order valence-electron chi connectivity index (χ1n) is 9.81. The summed E-state index contributed by atoms with van der Waals surface area (Å²) in [6, 6.07) is 14.9. The maximum Gasteiger partial charge on any atom is 0.359 e. The van der Waals surface area contributed by atoms with Crippen molar-refractivity contribution in [2.45, 2.75) is 13.2 Å². The zero-order valence-electron chi connectivity index (χ0n) is 17.0. The molecule has 0 fully saturated rings. The maximum atomic E-state index is 12.8. The van der Waals surface area contributed by atoms with E-state index in [9.17, 15) is 4.79 Å². The van der Waals surface area contributed by atoms with Crippen LogP contribution in [-0.4, -0.2) is 25.9 Å². The number of benzene rings is 2. The lowest BCUT2D eigenvalue weighted by atomic mass is 10.3. The third-order valence-corrected chi connectivity index (χ3v) is 6.68. The summed E-state index contributed by atoms with van der Waals surface area (Å²) in [6.45, 7) is 0.332. The molecule has 0 N–H and O–H groups in total. The summed E-state index contributed by atoms with van der Waals surface area (Å²) in [6.07, 6.45) is 2.99. The third kappa shape index (κ3) is 5.00. The SMILES string of the molecule is O=C(OCc1csc(COc2ccc(Cl)cc2)n1)c1nccnc1-c1nc2ccccc2s1. The number of hydrogen-bond donors (Lipinski definition) is 0. The Bertz CT molecular complexity index is 1390. The normalized spacial score (nSPS) is 10.9. The summed E-state index contributed by atoms with van der Waals surface area (Å²) < 4.78 is 12.2. The first kappa shape index (κ1) is 21.4. The minimum absolute atomic E-state index is 0.0200. The van der Waals surface area contributed by atoms with Crippen LogP contribution >= 0.6 is 34.3 Å². The Hall–Kier alpha value is -3.40. The van der Waals surface area contributed by atoms with Crippen LogP contribution in [0.5, 0.6) is 5.75 Å². The molecule has 0 bridgehead atoms. The molecule has 5 rings (SSSR count). The predicted octanol–water partition coefficient (Wildman–Crippen LogP) is 5.80. The number of esters is 1. The molecule has 33 heavy (non-hydrogen) atoms. The van der Waals surface area contributed by atoms with Gasteiger partial charge in [-0.1, -0.05) is 23.7 Å². The number of thiazole rings is 2. The number of nitrogens with zero attached hydrogens (tertiary/aromatic N) is 4. The van der Waals surface area contributed by atoms with E-state index in [2.05, 4.69) is 19.9 Å². The molecule has 0 atom stereocenters. The van der Waals surface area contributed by atoms with Gasteiger partial charge in [0.2, 0.25) is 0 Å². The lowest BCUT2D eigenvalue weighted by Gasteiger charge is -2.05. The van der Waals surface area contributed by atoms with Gasteiger partial charge in [-0.15, -0.1) is 22.7 Å². The zero-order valence-corrected chi connectivity index (χ0v) is 19.4. The largest absolute Gasteiger partial charge is 0.486 e. The minimum Gasteiger partial charge on any atom is -0.486 e. The molecule has 0 aliphatic heterocycles. The van der Waals surface area contributed by atoms with E-state index in [4.69, 9.17) is 21.1 Å².